The monoisotopic (exact) mass is 534 g/mol. The zero-order valence-electron chi connectivity index (χ0n) is 21.5. The largest absolute Gasteiger partial charge is 0.453 e. The molecule has 5 heterocycles. The number of fused-ring (bicyclic) bond motifs is 1. The highest BCUT2D eigenvalue weighted by Crippen LogP contribution is 2.31. The number of piperazine rings is 1. The van der Waals surface area contributed by atoms with Crippen LogP contribution in [0.4, 0.5) is 20.6 Å². The molecule has 13 heteroatoms. The fourth-order valence-corrected chi connectivity index (χ4v) is 4.80. The third kappa shape index (κ3) is 4.65. The van der Waals surface area contributed by atoms with Crippen LogP contribution in [0.2, 0.25) is 0 Å². The van der Waals surface area contributed by atoms with Gasteiger partial charge in [-0.3, -0.25) is 9.20 Å². The van der Waals surface area contributed by atoms with Crippen LogP contribution in [0.5, 0.6) is 0 Å². The van der Waals surface area contributed by atoms with Crippen LogP contribution < -0.4 is 15.5 Å². The molecule has 202 valence electrons. The highest BCUT2D eigenvalue weighted by Gasteiger charge is 2.35. The number of ether oxygens (including phenoxy) is 1. The number of nitrogens with zero attached hydrogens (tertiary/aromatic N) is 6. The molecule has 0 atom stereocenters. The number of halogens is 1. The van der Waals surface area contributed by atoms with E-state index in [-0.39, 0.29) is 23.1 Å². The molecule has 0 aliphatic carbocycles. The Labute approximate surface area is 222 Å². The Hall–Kier alpha value is -4.52. The van der Waals surface area contributed by atoms with Gasteiger partial charge in [-0.1, -0.05) is 5.16 Å². The normalized spacial score (nSPS) is 15.9. The smallest absolute Gasteiger partial charge is 0.409 e. The van der Waals surface area contributed by atoms with Crippen molar-refractivity contribution in [1.29, 1.82) is 0 Å². The molecule has 0 bridgehead atoms. The fraction of sp³-hybridized carbons (Fsp3) is 0.346. The second-order valence-corrected chi connectivity index (χ2v) is 9.61. The Morgan fingerprint density at radius 1 is 1.21 bits per heavy atom. The van der Waals surface area contributed by atoms with Gasteiger partial charge in [0.15, 0.2) is 5.82 Å². The summed E-state index contributed by atoms with van der Waals surface area (Å²) in [7, 11) is 1.32. The quantitative estimate of drug-likeness (QED) is 0.397. The number of aromatic nitrogens is 4. The van der Waals surface area contributed by atoms with Gasteiger partial charge in [-0.25, -0.2) is 14.2 Å². The number of methoxy groups -OCH3 is 1. The molecule has 0 spiro atoms. The molecule has 2 N–H and O–H groups in total. The number of anilines is 2. The lowest BCUT2D eigenvalue weighted by molar-refractivity contribution is 0.0857. The van der Waals surface area contributed by atoms with Crippen LogP contribution in [0, 0.1) is 12.7 Å². The van der Waals surface area contributed by atoms with Gasteiger partial charge in [0.25, 0.3) is 11.8 Å². The summed E-state index contributed by atoms with van der Waals surface area (Å²) in [4.78, 5) is 37.4. The number of benzene rings is 1. The Bertz CT molecular complexity index is 1550. The Morgan fingerprint density at radius 3 is 2.77 bits per heavy atom. The first-order valence-corrected chi connectivity index (χ1v) is 12.6. The summed E-state index contributed by atoms with van der Waals surface area (Å²) in [6.07, 6.45) is 2.98. The average Bonchev–Trinajstić information content (AvgIpc) is 3.58. The van der Waals surface area contributed by atoms with Gasteiger partial charge in [0.05, 0.1) is 24.9 Å². The second kappa shape index (κ2) is 9.98. The minimum atomic E-state index is -0.526. The molecule has 2 fully saturated rings. The second-order valence-electron chi connectivity index (χ2n) is 9.61. The molecule has 39 heavy (non-hydrogen) atoms. The van der Waals surface area contributed by atoms with E-state index < -0.39 is 17.8 Å². The van der Waals surface area contributed by atoms with E-state index in [9.17, 15) is 14.0 Å². The van der Waals surface area contributed by atoms with Crippen molar-refractivity contribution in [3.63, 3.8) is 0 Å². The SMILES string of the molecule is COC(=O)N1CC(c2noc(-c3cc(F)c(C)c(NC(=O)c4cnc5ccc(N6CCNCC6)cn45)c3)n2)C1. The van der Waals surface area contributed by atoms with E-state index in [2.05, 4.69) is 30.7 Å². The minimum Gasteiger partial charge on any atom is -0.453 e. The maximum Gasteiger partial charge on any atom is 0.409 e. The van der Waals surface area contributed by atoms with Gasteiger partial charge < -0.3 is 29.7 Å². The first-order chi connectivity index (χ1) is 18.9. The predicted octanol–water partition coefficient (Wildman–Crippen LogP) is 2.66. The molecular weight excluding hydrogens is 507 g/mol. The van der Waals surface area contributed by atoms with E-state index in [0.717, 1.165) is 31.9 Å². The van der Waals surface area contributed by atoms with Crippen molar-refractivity contribution in [3.8, 4) is 11.5 Å². The first kappa shape index (κ1) is 24.8. The molecule has 0 unspecified atom stereocenters. The Kier molecular flexibility index (Phi) is 6.35. The number of carbonyl (C=O) groups excluding carboxylic acids is 2. The summed E-state index contributed by atoms with van der Waals surface area (Å²) in [5.74, 6) is -0.517. The number of amides is 2. The zero-order chi connectivity index (χ0) is 27.1. The highest BCUT2D eigenvalue weighted by atomic mass is 19.1. The van der Waals surface area contributed by atoms with E-state index in [1.165, 1.54) is 24.3 Å². The third-order valence-electron chi connectivity index (χ3n) is 7.17. The van der Waals surface area contributed by atoms with Gasteiger partial charge in [0.1, 0.15) is 17.2 Å². The zero-order valence-corrected chi connectivity index (χ0v) is 21.5. The third-order valence-corrected chi connectivity index (χ3v) is 7.17. The summed E-state index contributed by atoms with van der Waals surface area (Å²) < 4.78 is 26.8. The molecule has 2 amide bonds. The van der Waals surface area contributed by atoms with E-state index >= 15 is 0 Å². The van der Waals surface area contributed by atoms with Crippen molar-refractivity contribution in [2.45, 2.75) is 12.8 Å². The van der Waals surface area contributed by atoms with Crippen molar-refractivity contribution in [2.24, 2.45) is 0 Å². The van der Waals surface area contributed by atoms with Crippen molar-refractivity contribution in [1.82, 2.24) is 29.7 Å². The van der Waals surface area contributed by atoms with Gasteiger partial charge in [-0.2, -0.15) is 4.98 Å². The number of imidazole rings is 1. The number of likely N-dealkylation sites (tertiary alicyclic amines) is 1. The lowest BCUT2D eigenvalue weighted by Crippen LogP contribution is -2.48. The standard InChI is InChI=1S/C26H27FN8O4/c1-15-19(27)9-16(25-31-23(32-39-25)17-12-34(13-17)26(37)38-2)10-20(15)30-24(36)21-11-29-22-4-3-18(14-35(21)22)33-7-5-28-6-8-33/h3-4,9-11,14,17,28H,5-8,12-13H2,1-2H3,(H,30,36). The number of pyridine rings is 1. The van der Waals surface area contributed by atoms with Crippen molar-refractivity contribution >= 4 is 29.0 Å². The van der Waals surface area contributed by atoms with Crippen LogP contribution in [0.1, 0.15) is 27.8 Å². The summed E-state index contributed by atoms with van der Waals surface area (Å²) in [5.41, 5.74) is 2.84. The van der Waals surface area contributed by atoms with E-state index in [1.54, 1.807) is 17.4 Å². The van der Waals surface area contributed by atoms with Crippen molar-refractivity contribution in [3.05, 3.63) is 59.6 Å². The summed E-state index contributed by atoms with van der Waals surface area (Å²) in [5, 5.41) is 10.2. The molecule has 6 rings (SSSR count). The van der Waals surface area contributed by atoms with Crippen molar-refractivity contribution < 1.29 is 23.2 Å². The van der Waals surface area contributed by atoms with Crippen LogP contribution in [0.25, 0.3) is 17.1 Å². The fourth-order valence-electron chi connectivity index (χ4n) is 4.80. The van der Waals surface area contributed by atoms with E-state index in [0.29, 0.717) is 35.8 Å². The predicted molar refractivity (Wildman–Crippen MR) is 139 cm³/mol. The van der Waals surface area contributed by atoms with Gasteiger partial charge in [0.2, 0.25) is 0 Å². The van der Waals surface area contributed by atoms with Gasteiger partial charge in [0, 0.05) is 62.3 Å². The molecule has 2 saturated heterocycles. The Morgan fingerprint density at radius 2 is 2.00 bits per heavy atom. The average molecular weight is 535 g/mol. The van der Waals surface area contributed by atoms with Gasteiger partial charge >= 0.3 is 6.09 Å². The first-order valence-electron chi connectivity index (χ1n) is 12.6. The minimum absolute atomic E-state index is 0.0997. The molecule has 0 radical (unpaired) electrons. The number of hydrogen-bond acceptors (Lipinski definition) is 9. The van der Waals surface area contributed by atoms with Gasteiger partial charge in [-0.05, 0) is 31.2 Å². The molecule has 2 aliphatic rings. The molecule has 1 aromatic carbocycles. The van der Waals surface area contributed by atoms with Crippen LogP contribution in [-0.4, -0.2) is 82.8 Å². The number of carbonyl (C=O) groups is 2. The lowest BCUT2D eigenvalue weighted by Gasteiger charge is -2.35. The van der Waals surface area contributed by atoms with Crippen LogP contribution in [0.3, 0.4) is 0 Å². The summed E-state index contributed by atoms with van der Waals surface area (Å²) in [6, 6.07) is 6.76. The summed E-state index contributed by atoms with van der Waals surface area (Å²) >= 11 is 0. The van der Waals surface area contributed by atoms with Crippen LogP contribution >= 0.6 is 0 Å². The number of hydrogen-bond donors (Lipinski definition) is 2. The summed E-state index contributed by atoms with van der Waals surface area (Å²) in [6.45, 7) is 5.93. The molecule has 3 aromatic heterocycles. The molecule has 4 aromatic rings. The molecular formula is C26H27FN8O4. The van der Waals surface area contributed by atoms with Crippen molar-refractivity contribution in [2.75, 3.05) is 56.6 Å². The molecule has 12 nitrogen and oxygen atoms in total. The number of nitrogens with one attached hydrogen (secondary N) is 2. The van der Waals surface area contributed by atoms with E-state index in [1.807, 2.05) is 18.3 Å². The molecule has 0 saturated carbocycles. The van der Waals surface area contributed by atoms with Crippen LogP contribution in [-0.2, 0) is 4.74 Å². The topological polar surface area (TPSA) is 130 Å². The van der Waals surface area contributed by atoms with E-state index in [4.69, 9.17) is 9.26 Å². The lowest BCUT2D eigenvalue weighted by atomic mass is 10.0. The van der Waals surface area contributed by atoms with Crippen LogP contribution in [0.15, 0.2) is 41.2 Å². The maximum absolute atomic E-state index is 14.9. The molecule has 2 aliphatic heterocycles. The number of rotatable bonds is 5. The Balaban J connectivity index is 1.23. The maximum atomic E-state index is 14.9. The van der Waals surface area contributed by atoms with Gasteiger partial charge in [-0.15, -0.1) is 0 Å². The highest BCUT2D eigenvalue weighted by molar-refractivity contribution is 6.04.